The highest BCUT2D eigenvalue weighted by Crippen LogP contribution is 2.36. The summed E-state index contributed by atoms with van der Waals surface area (Å²) in [5, 5.41) is 1.22. The van der Waals surface area contributed by atoms with Crippen molar-refractivity contribution in [2.45, 2.75) is 38.7 Å². The van der Waals surface area contributed by atoms with Crippen molar-refractivity contribution in [3.63, 3.8) is 0 Å². The molecule has 3 heteroatoms. The number of furan rings is 1. The third-order valence-corrected chi connectivity index (χ3v) is 5.51. The Morgan fingerprint density at radius 2 is 1.86 bits per heavy atom. The minimum Gasteiger partial charge on any atom is -0.490 e. The van der Waals surface area contributed by atoms with Crippen molar-refractivity contribution in [3.8, 4) is 0 Å². The van der Waals surface area contributed by atoms with E-state index in [4.69, 9.17) is 9.15 Å². The first-order valence-corrected chi connectivity index (χ1v) is 10.2. The first kappa shape index (κ1) is 18.8. The van der Waals surface area contributed by atoms with Crippen LogP contribution < -0.4 is 0 Å². The van der Waals surface area contributed by atoms with Crippen molar-refractivity contribution in [3.05, 3.63) is 71.5 Å². The molecular formula is C25H29NO2. The molecule has 1 aliphatic heterocycles. The fourth-order valence-electron chi connectivity index (χ4n) is 3.98. The van der Waals surface area contributed by atoms with Crippen LogP contribution in [0.2, 0.25) is 0 Å². The standard InChI is InChI=1S/C25H29NO2/c1-18(2)28-25(15-19-7-5-4-6-8-19)21-9-10-24-22(16-21)23(17-27-24)20-11-13-26(3)14-12-20/h4-10,15-18,20H,11-14H2,1-3H3/b25-15+. The SMILES string of the molecule is CC(C)O/C(=C/c1ccccc1)c1ccc2occ(C3CCN(C)CC3)c2c1. The third kappa shape index (κ3) is 4.15. The Bertz CT molecular complexity index is 947. The van der Waals surface area contributed by atoms with Crippen LogP contribution in [-0.4, -0.2) is 31.1 Å². The summed E-state index contributed by atoms with van der Waals surface area (Å²) in [6.45, 7) is 6.43. The van der Waals surface area contributed by atoms with Crippen molar-refractivity contribution >= 4 is 22.8 Å². The summed E-state index contributed by atoms with van der Waals surface area (Å²) >= 11 is 0. The predicted molar refractivity (Wildman–Crippen MR) is 116 cm³/mol. The van der Waals surface area contributed by atoms with E-state index < -0.39 is 0 Å². The Kier molecular flexibility index (Phi) is 5.54. The normalized spacial score (nSPS) is 16.8. The fourth-order valence-corrected chi connectivity index (χ4v) is 3.98. The number of hydrogen-bond donors (Lipinski definition) is 0. The molecule has 146 valence electrons. The van der Waals surface area contributed by atoms with Crippen LogP contribution in [0, 0.1) is 0 Å². The van der Waals surface area contributed by atoms with E-state index in [2.05, 4.69) is 74.3 Å². The molecule has 1 aliphatic rings. The summed E-state index contributed by atoms with van der Waals surface area (Å²) in [6.07, 6.45) is 6.57. The summed E-state index contributed by atoms with van der Waals surface area (Å²) in [4.78, 5) is 2.40. The van der Waals surface area contributed by atoms with E-state index in [-0.39, 0.29) is 6.10 Å². The summed E-state index contributed by atoms with van der Waals surface area (Å²) in [5.41, 5.74) is 4.54. The number of nitrogens with zero attached hydrogens (tertiary/aromatic N) is 1. The Hall–Kier alpha value is -2.52. The second kappa shape index (κ2) is 8.24. The molecule has 3 nitrogen and oxygen atoms in total. The largest absolute Gasteiger partial charge is 0.490 e. The Labute approximate surface area is 167 Å². The molecule has 0 amide bonds. The molecule has 0 unspecified atom stereocenters. The van der Waals surface area contributed by atoms with Gasteiger partial charge in [0.25, 0.3) is 0 Å². The van der Waals surface area contributed by atoms with Crippen LogP contribution in [0.4, 0.5) is 0 Å². The number of ether oxygens (including phenoxy) is 1. The van der Waals surface area contributed by atoms with Gasteiger partial charge < -0.3 is 14.1 Å². The predicted octanol–water partition coefficient (Wildman–Crippen LogP) is 6.17. The highest BCUT2D eigenvalue weighted by atomic mass is 16.5. The second-order valence-electron chi connectivity index (χ2n) is 8.07. The average Bonchev–Trinajstić information content (AvgIpc) is 3.12. The molecule has 0 atom stereocenters. The van der Waals surface area contributed by atoms with Gasteiger partial charge in [-0.2, -0.15) is 0 Å². The molecule has 2 heterocycles. The lowest BCUT2D eigenvalue weighted by atomic mass is 9.89. The molecule has 3 aromatic rings. The van der Waals surface area contributed by atoms with Gasteiger partial charge in [0.1, 0.15) is 11.3 Å². The van der Waals surface area contributed by atoms with Gasteiger partial charge in [0.05, 0.1) is 12.4 Å². The maximum absolute atomic E-state index is 6.19. The Morgan fingerprint density at radius 1 is 1.11 bits per heavy atom. The van der Waals surface area contributed by atoms with Crippen LogP contribution in [0.15, 0.2) is 59.2 Å². The maximum atomic E-state index is 6.19. The topological polar surface area (TPSA) is 25.6 Å². The zero-order chi connectivity index (χ0) is 19.5. The molecule has 0 bridgehead atoms. The minimum absolute atomic E-state index is 0.114. The van der Waals surface area contributed by atoms with Crippen molar-refractivity contribution in [2.75, 3.05) is 20.1 Å². The molecule has 0 spiro atoms. The maximum Gasteiger partial charge on any atom is 0.134 e. The van der Waals surface area contributed by atoms with Gasteiger partial charge in [-0.15, -0.1) is 0 Å². The van der Waals surface area contributed by atoms with Crippen molar-refractivity contribution in [2.24, 2.45) is 0 Å². The first-order valence-electron chi connectivity index (χ1n) is 10.2. The summed E-state index contributed by atoms with van der Waals surface area (Å²) in [6, 6.07) is 16.8. The van der Waals surface area contributed by atoms with E-state index in [1.807, 2.05) is 12.3 Å². The van der Waals surface area contributed by atoms with Gasteiger partial charge in [-0.05, 0) is 82.6 Å². The molecule has 4 rings (SSSR count). The van der Waals surface area contributed by atoms with Crippen LogP contribution in [0.3, 0.4) is 0 Å². The second-order valence-corrected chi connectivity index (χ2v) is 8.07. The molecule has 1 fully saturated rings. The summed E-state index contributed by atoms with van der Waals surface area (Å²) < 4.78 is 12.1. The zero-order valence-corrected chi connectivity index (χ0v) is 17.0. The lowest BCUT2D eigenvalue weighted by Crippen LogP contribution is -2.29. The molecule has 0 N–H and O–H groups in total. The molecule has 0 aliphatic carbocycles. The lowest BCUT2D eigenvalue weighted by Gasteiger charge is -2.28. The molecule has 2 aromatic carbocycles. The highest BCUT2D eigenvalue weighted by Gasteiger charge is 2.22. The van der Waals surface area contributed by atoms with Gasteiger partial charge in [-0.3, -0.25) is 0 Å². The van der Waals surface area contributed by atoms with Crippen molar-refractivity contribution < 1.29 is 9.15 Å². The number of likely N-dealkylation sites (tertiary alicyclic amines) is 1. The molecule has 0 radical (unpaired) electrons. The summed E-state index contributed by atoms with van der Waals surface area (Å²) in [7, 11) is 2.20. The van der Waals surface area contributed by atoms with Gasteiger partial charge >= 0.3 is 0 Å². The number of piperidine rings is 1. The van der Waals surface area contributed by atoms with Gasteiger partial charge in [0, 0.05) is 16.5 Å². The van der Waals surface area contributed by atoms with Gasteiger partial charge in [-0.25, -0.2) is 0 Å². The van der Waals surface area contributed by atoms with Crippen molar-refractivity contribution in [1.82, 2.24) is 4.90 Å². The number of rotatable bonds is 5. The quantitative estimate of drug-likeness (QED) is 0.394. The number of hydrogen-bond acceptors (Lipinski definition) is 3. The van der Waals surface area contributed by atoms with Gasteiger partial charge in [0.15, 0.2) is 0 Å². The smallest absolute Gasteiger partial charge is 0.134 e. The molecular weight excluding hydrogens is 346 g/mol. The van der Waals surface area contributed by atoms with E-state index in [0.717, 1.165) is 35.6 Å². The highest BCUT2D eigenvalue weighted by molar-refractivity contribution is 5.87. The van der Waals surface area contributed by atoms with Crippen LogP contribution in [0.1, 0.15) is 49.3 Å². The van der Waals surface area contributed by atoms with Crippen LogP contribution in [0.25, 0.3) is 22.8 Å². The van der Waals surface area contributed by atoms with Crippen LogP contribution >= 0.6 is 0 Å². The molecule has 0 saturated carbocycles. The summed E-state index contributed by atoms with van der Waals surface area (Å²) in [5.74, 6) is 1.47. The van der Waals surface area contributed by atoms with E-state index in [1.165, 1.54) is 23.8 Å². The van der Waals surface area contributed by atoms with Crippen molar-refractivity contribution in [1.29, 1.82) is 0 Å². The van der Waals surface area contributed by atoms with E-state index >= 15 is 0 Å². The number of benzene rings is 2. The van der Waals surface area contributed by atoms with E-state index in [1.54, 1.807) is 0 Å². The van der Waals surface area contributed by atoms with Crippen LogP contribution in [-0.2, 0) is 4.74 Å². The van der Waals surface area contributed by atoms with E-state index in [9.17, 15) is 0 Å². The average molecular weight is 376 g/mol. The van der Waals surface area contributed by atoms with Crippen LogP contribution in [0.5, 0.6) is 0 Å². The molecule has 1 saturated heterocycles. The Balaban J connectivity index is 1.72. The minimum atomic E-state index is 0.114. The monoisotopic (exact) mass is 375 g/mol. The fraction of sp³-hybridized carbons (Fsp3) is 0.360. The Morgan fingerprint density at radius 3 is 2.57 bits per heavy atom. The van der Waals surface area contributed by atoms with Gasteiger partial charge in [0.2, 0.25) is 0 Å². The molecule has 28 heavy (non-hydrogen) atoms. The first-order chi connectivity index (χ1) is 13.6. The van der Waals surface area contributed by atoms with E-state index in [0.29, 0.717) is 5.92 Å². The third-order valence-electron chi connectivity index (χ3n) is 5.51. The zero-order valence-electron chi connectivity index (χ0n) is 17.0. The lowest BCUT2D eigenvalue weighted by molar-refractivity contribution is 0.206. The number of fused-ring (bicyclic) bond motifs is 1. The molecule has 1 aromatic heterocycles. The van der Waals surface area contributed by atoms with Gasteiger partial charge in [-0.1, -0.05) is 30.3 Å².